The molecule has 0 atom stereocenters. The van der Waals surface area contributed by atoms with Crippen molar-refractivity contribution in [2.45, 2.75) is 19.5 Å². The van der Waals surface area contributed by atoms with Crippen molar-refractivity contribution in [2.24, 2.45) is 0 Å². The quantitative estimate of drug-likeness (QED) is 0.331. The monoisotopic (exact) mass is 493 g/mol. The van der Waals surface area contributed by atoms with Crippen molar-refractivity contribution in [3.8, 4) is 11.1 Å². The van der Waals surface area contributed by atoms with Crippen LogP contribution in [0.1, 0.15) is 38.4 Å². The fourth-order valence-electron chi connectivity index (χ4n) is 4.05. The Kier molecular flexibility index (Phi) is 8.39. The average molecular weight is 494 g/mol. The van der Waals surface area contributed by atoms with E-state index in [1.807, 2.05) is 60.7 Å². The zero-order chi connectivity index (χ0) is 26.0. The number of hydrogen-bond acceptors (Lipinski definition) is 4. The van der Waals surface area contributed by atoms with Gasteiger partial charge >= 0.3 is 5.97 Å². The first kappa shape index (κ1) is 25.3. The summed E-state index contributed by atoms with van der Waals surface area (Å²) in [6.45, 7) is 0.603. The van der Waals surface area contributed by atoms with Crippen molar-refractivity contribution in [2.75, 3.05) is 6.54 Å². The second-order valence-corrected chi connectivity index (χ2v) is 8.45. The van der Waals surface area contributed by atoms with Gasteiger partial charge in [0.25, 0.3) is 11.8 Å². The lowest BCUT2D eigenvalue weighted by molar-refractivity contribution is -0.137. The van der Waals surface area contributed by atoms with Crippen LogP contribution in [0, 0.1) is 0 Å². The highest BCUT2D eigenvalue weighted by Crippen LogP contribution is 2.29. The van der Waals surface area contributed by atoms with Crippen LogP contribution in [0.5, 0.6) is 0 Å². The molecule has 1 heterocycles. The smallest absolute Gasteiger partial charge is 0.305 e. The van der Waals surface area contributed by atoms with Gasteiger partial charge in [-0.1, -0.05) is 72.8 Å². The molecule has 0 aliphatic rings. The number of aromatic nitrogens is 1. The molecule has 0 spiro atoms. The largest absolute Gasteiger partial charge is 0.481 e. The molecule has 0 radical (unpaired) electrons. The number of carbonyl (C=O) groups is 3. The van der Waals surface area contributed by atoms with Gasteiger partial charge in [-0.2, -0.15) is 0 Å². The summed E-state index contributed by atoms with van der Waals surface area (Å²) < 4.78 is 0. The fourth-order valence-corrected chi connectivity index (χ4v) is 4.05. The van der Waals surface area contributed by atoms with E-state index in [0.717, 1.165) is 11.3 Å². The normalized spacial score (nSPS) is 10.5. The topological polar surface area (TPSA) is 99.6 Å². The summed E-state index contributed by atoms with van der Waals surface area (Å²) in [6, 6.07) is 29.1. The summed E-state index contributed by atoms with van der Waals surface area (Å²) >= 11 is 0. The molecule has 4 rings (SSSR count). The maximum atomic E-state index is 13.8. The molecule has 0 aliphatic heterocycles. The van der Waals surface area contributed by atoms with E-state index in [1.165, 1.54) is 4.90 Å². The van der Waals surface area contributed by atoms with Crippen LogP contribution in [0.15, 0.2) is 103 Å². The molecule has 0 aliphatic carbocycles. The van der Waals surface area contributed by atoms with E-state index in [9.17, 15) is 19.5 Å². The zero-order valence-electron chi connectivity index (χ0n) is 20.2. The van der Waals surface area contributed by atoms with Gasteiger partial charge < -0.3 is 15.3 Å². The number of pyridine rings is 1. The Balaban J connectivity index is 1.64. The third kappa shape index (κ3) is 6.67. The predicted molar refractivity (Wildman–Crippen MR) is 141 cm³/mol. The van der Waals surface area contributed by atoms with Crippen LogP contribution in [0.2, 0.25) is 0 Å². The highest BCUT2D eigenvalue weighted by molar-refractivity contribution is 6.06. The fraction of sp³-hybridized carbons (Fsp3) is 0.133. The molecule has 0 saturated carbocycles. The minimum atomic E-state index is -0.978. The van der Waals surface area contributed by atoms with E-state index in [-0.39, 0.29) is 37.9 Å². The van der Waals surface area contributed by atoms with Crippen LogP contribution < -0.4 is 5.32 Å². The van der Waals surface area contributed by atoms with E-state index < -0.39 is 5.97 Å². The Bertz CT molecular complexity index is 1370. The minimum absolute atomic E-state index is 0.0591. The van der Waals surface area contributed by atoms with Gasteiger partial charge in [-0.05, 0) is 41.0 Å². The minimum Gasteiger partial charge on any atom is -0.481 e. The van der Waals surface area contributed by atoms with Gasteiger partial charge in [0.05, 0.1) is 18.7 Å². The molecule has 2 N–H and O–H groups in total. The lowest BCUT2D eigenvalue weighted by Gasteiger charge is -2.24. The third-order valence-corrected chi connectivity index (χ3v) is 5.87. The number of amides is 2. The first-order valence-corrected chi connectivity index (χ1v) is 11.9. The molecule has 4 aromatic rings. The number of hydrogen-bond donors (Lipinski definition) is 2. The maximum Gasteiger partial charge on any atom is 0.305 e. The van der Waals surface area contributed by atoms with E-state index in [1.54, 1.807) is 42.6 Å². The summed E-state index contributed by atoms with van der Waals surface area (Å²) in [5.74, 6) is -1.56. The summed E-state index contributed by atoms with van der Waals surface area (Å²) in [4.78, 5) is 44.0. The molecule has 0 unspecified atom stereocenters. The van der Waals surface area contributed by atoms with E-state index in [4.69, 9.17) is 0 Å². The van der Waals surface area contributed by atoms with Gasteiger partial charge in [0, 0.05) is 30.4 Å². The van der Waals surface area contributed by atoms with Gasteiger partial charge in [0.1, 0.15) is 0 Å². The number of rotatable bonds is 10. The first-order valence-electron chi connectivity index (χ1n) is 11.9. The summed E-state index contributed by atoms with van der Waals surface area (Å²) in [7, 11) is 0. The maximum absolute atomic E-state index is 13.8. The molecular weight excluding hydrogens is 466 g/mol. The lowest BCUT2D eigenvalue weighted by Crippen LogP contribution is -2.33. The van der Waals surface area contributed by atoms with Crippen molar-refractivity contribution in [1.29, 1.82) is 0 Å². The Morgan fingerprint density at radius 1 is 0.757 bits per heavy atom. The van der Waals surface area contributed by atoms with Gasteiger partial charge in [0.15, 0.2) is 0 Å². The van der Waals surface area contributed by atoms with Crippen molar-refractivity contribution >= 4 is 17.8 Å². The molecule has 0 saturated heterocycles. The predicted octanol–water partition coefficient (Wildman–Crippen LogP) is 4.80. The molecule has 186 valence electrons. The van der Waals surface area contributed by atoms with Crippen molar-refractivity contribution in [1.82, 2.24) is 15.2 Å². The van der Waals surface area contributed by atoms with E-state index in [2.05, 4.69) is 10.3 Å². The summed E-state index contributed by atoms with van der Waals surface area (Å²) in [5.41, 5.74) is 3.67. The van der Waals surface area contributed by atoms with Crippen LogP contribution in [0.25, 0.3) is 11.1 Å². The zero-order valence-corrected chi connectivity index (χ0v) is 20.2. The van der Waals surface area contributed by atoms with Crippen LogP contribution in [-0.2, 0) is 17.9 Å². The Morgan fingerprint density at radius 3 is 2.05 bits per heavy atom. The second-order valence-electron chi connectivity index (χ2n) is 8.45. The number of carboxylic acid groups (broad SMARTS) is 1. The molecule has 7 nitrogen and oxygen atoms in total. The van der Waals surface area contributed by atoms with Crippen LogP contribution in [0.4, 0.5) is 0 Å². The molecule has 7 heteroatoms. The van der Waals surface area contributed by atoms with Gasteiger partial charge in [0.2, 0.25) is 0 Å². The third-order valence-electron chi connectivity index (χ3n) is 5.87. The van der Waals surface area contributed by atoms with Crippen molar-refractivity contribution < 1.29 is 19.5 Å². The number of carbonyl (C=O) groups excluding carboxylic acids is 2. The second kappa shape index (κ2) is 12.3. The summed E-state index contributed by atoms with van der Waals surface area (Å²) in [5, 5.41) is 12.2. The number of nitrogens with one attached hydrogen (secondary N) is 1. The van der Waals surface area contributed by atoms with Crippen molar-refractivity contribution in [3.05, 3.63) is 126 Å². The van der Waals surface area contributed by atoms with E-state index in [0.29, 0.717) is 22.3 Å². The van der Waals surface area contributed by atoms with Gasteiger partial charge in [-0.3, -0.25) is 19.4 Å². The standard InChI is InChI=1S/C30H27N3O4/c34-28(35)17-19-33(21-22-10-2-1-3-11-22)30(37)27-16-7-5-14-25(27)24-13-4-6-15-26(24)29(36)32-20-23-12-8-9-18-31-23/h1-16,18H,17,19-21H2,(H,32,36)(H,34,35). The average Bonchev–Trinajstić information content (AvgIpc) is 2.94. The molecular formula is C30H27N3O4. The molecule has 0 fully saturated rings. The number of carboxylic acids is 1. The van der Waals surface area contributed by atoms with E-state index >= 15 is 0 Å². The molecule has 1 aromatic heterocycles. The Morgan fingerprint density at radius 2 is 1.38 bits per heavy atom. The molecule has 0 bridgehead atoms. The summed E-state index contributed by atoms with van der Waals surface area (Å²) in [6.07, 6.45) is 1.50. The number of aliphatic carboxylic acids is 1. The van der Waals surface area contributed by atoms with Gasteiger partial charge in [-0.25, -0.2) is 0 Å². The Labute approximate surface area is 215 Å². The lowest BCUT2D eigenvalue weighted by atomic mass is 9.94. The molecule has 3 aromatic carbocycles. The van der Waals surface area contributed by atoms with Crippen LogP contribution >= 0.6 is 0 Å². The van der Waals surface area contributed by atoms with Gasteiger partial charge in [-0.15, -0.1) is 0 Å². The first-order chi connectivity index (χ1) is 18.0. The Hall–Kier alpha value is -4.78. The highest BCUT2D eigenvalue weighted by atomic mass is 16.4. The van der Waals surface area contributed by atoms with Crippen molar-refractivity contribution in [3.63, 3.8) is 0 Å². The molecule has 37 heavy (non-hydrogen) atoms. The van der Waals surface area contributed by atoms with Crippen LogP contribution in [-0.4, -0.2) is 39.3 Å². The van der Waals surface area contributed by atoms with Crippen LogP contribution in [0.3, 0.4) is 0 Å². The SMILES string of the molecule is O=C(O)CCN(Cc1ccccc1)C(=O)c1ccccc1-c1ccccc1C(=O)NCc1ccccn1. The molecule has 2 amide bonds. The number of benzene rings is 3. The highest BCUT2D eigenvalue weighted by Gasteiger charge is 2.22. The number of nitrogens with zero attached hydrogens (tertiary/aromatic N) is 2.